The van der Waals surface area contributed by atoms with Crippen LogP contribution in [-0.2, 0) is 9.53 Å². The Morgan fingerprint density at radius 3 is 2.83 bits per heavy atom. The summed E-state index contributed by atoms with van der Waals surface area (Å²) in [5, 5.41) is 8.62. The first-order chi connectivity index (χ1) is 5.76. The van der Waals surface area contributed by atoms with Crippen LogP contribution in [0.4, 0.5) is 0 Å². The second kappa shape index (κ2) is 2.43. The van der Waals surface area contributed by atoms with Gasteiger partial charge in [0.05, 0.1) is 17.8 Å². The van der Waals surface area contributed by atoms with Gasteiger partial charge in [-0.15, -0.1) is 0 Å². The molecule has 1 saturated heterocycles. The summed E-state index contributed by atoms with van der Waals surface area (Å²) in [6, 6.07) is 1.91. The van der Waals surface area contributed by atoms with Crippen molar-refractivity contribution in [2.45, 2.75) is 24.9 Å². The molecule has 2 aliphatic rings. The Morgan fingerprint density at radius 1 is 1.58 bits per heavy atom. The smallest absolute Gasteiger partial charge is 0.173 e. The predicted molar refractivity (Wildman–Crippen MR) is 41.2 cm³/mol. The molecule has 0 N–H and O–H groups in total. The van der Waals surface area contributed by atoms with Gasteiger partial charge in [0, 0.05) is 12.8 Å². The Balaban J connectivity index is 2.29. The van der Waals surface area contributed by atoms with Crippen molar-refractivity contribution in [2.24, 2.45) is 0 Å². The molecule has 0 aromatic rings. The number of carbonyl (C=O) groups excluding carboxylic acids is 1. The molecular weight excluding hydrogens is 154 g/mol. The Labute approximate surface area is 70.6 Å². The van der Waals surface area contributed by atoms with Crippen LogP contribution in [0.25, 0.3) is 0 Å². The second-order valence-corrected chi connectivity index (χ2v) is 3.26. The highest BCUT2D eigenvalue weighted by Crippen LogP contribution is 2.37. The lowest BCUT2D eigenvalue weighted by molar-refractivity contribution is -0.133. The molecule has 3 heteroatoms. The summed E-state index contributed by atoms with van der Waals surface area (Å²) in [6.45, 7) is 0.753. The molecule has 0 saturated carbocycles. The Kier molecular flexibility index (Phi) is 1.52. The molecule has 1 unspecified atom stereocenters. The van der Waals surface area contributed by atoms with Crippen molar-refractivity contribution in [3.05, 3.63) is 11.6 Å². The number of allylic oxidation sites excluding steroid dienone is 1. The normalized spacial score (nSPS) is 33.9. The molecular formula is C9H9NO2. The van der Waals surface area contributed by atoms with Gasteiger partial charge < -0.3 is 4.74 Å². The molecule has 62 valence electrons. The van der Waals surface area contributed by atoms with E-state index in [-0.39, 0.29) is 17.0 Å². The summed E-state index contributed by atoms with van der Waals surface area (Å²) in [5.41, 5.74) is 0.0276. The summed E-state index contributed by atoms with van der Waals surface area (Å²) >= 11 is 0. The number of nitrogens with zero attached hydrogens (tertiary/aromatic N) is 1. The van der Waals surface area contributed by atoms with Crippen LogP contribution >= 0.6 is 0 Å². The van der Waals surface area contributed by atoms with E-state index >= 15 is 0 Å². The fourth-order valence-corrected chi connectivity index (χ4v) is 1.65. The summed E-state index contributed by atoms with van der Waals surface area (Å²) in [5.74, 6) is -0.0429. The average Bonchev–Trinajstić information content (AvgIpc) is 2.03. The fourth-order valence-electron chi connectivity index (χ4n) is 1.65. The highest BCUT2D eigenvalue weighted by atomic mass is 16.5. The van der Waals surface area contributed by atoms with Gasteiger partial charge in [0.25, 0.3) is 0 Å². The maximum atomic E-state index is 11.1. The van der Waals surface area contributed by atoms with Crippen molar-refractivity contribution in [1.29, 1.82) is 5.26 Å². The van der Waals surface area contributed by atoms with Crippen LogP contribution < -0.4 is 0 Å². The topological polar surface area (TPSA) is 50.1 Å². The van der Waals surface area contributed by atoms with E-state index in [1.807, 2.05) is 6.07 Å². The Morgan fingerprint density at radius 2 is 2.33 bits per heavy atom. The third kappa shape index (κ3) is 0.961. The lowest BCUT2D eigenvalue weighted by atomic mass is 9.81. The van der Waals surface area contributed by atoms with Crippen molar-refractivity contribution in [3.8, 4) is 6.07 Å². The zero-order chi connectivity index (χ0) is 8.60. The van der Waals surface area contributed by atoms with Gasteiger partial charge in [-0.1, -0.05) is 0 Å². The first kappa shape index (κ1) is 7.51. The van der Waals surface area contributed by atoms with Crippen LogP contribution in [0.15, 0.2) is 11.6 Å². The van der Waals surface area contributed by atoms with Crippen LogP contribution in [0, 0.1) is 11.3 Å². The summed E-state index contributed by atoms with van der Waals surface area (Å²) < 4.78 is 5.36. The van der Waals surface area contributed by atoms with Crippen molar-refractivity contribution in [1.82, 2.24) is 0 Å². The molecule has 1 atom stereocenters. The molecule has 12 heavy (non-hydrogen) atoms. The van der Waals surface area contributed by atoms with E-state index in [0.29, 0.717) is 6.42 Å². The highest BCUT2D eigenvalue weighted by molar-refractivity contribution is 6.00. The monoisotopic (exact) mass is 163 g/mol. The minimum Gasteiger partial charge on any atom is -0.371 e. The van der Waals surface area contributed by atoms with Gasteiger partial charge in [0.15, 0.2) is 5.78 Å². The number of hydrogen-bond acceptors (Lipinski definition) is 3. The van der Waals surface area contributed by atoms with Gasteiger partial charge in [-0.2, -0.15) is 5.26 Å². The van der Waals surface area contributed by atoms with Crippen LogP contribution in [0.3, 0.4) is 0 Å². The molecule has 0 amide bonds. The second-order valence-electron chi connectivity index (χ2n) is 3.26. The lowest BCUT2D eigenvalue weighted by Crippen LogP contribution is -2.44. The number of ether oxygens (including phenoxy) is 1. The molecule has 1 fully saturated rings. The Bertz CT molecular complexity index is 294. The number of carbonyl (C=O) groups is 1. The maximum Gasteiger partial charge on any atom is 0.173 e. The lowest BCUT2D eigenvalue weighted by Gasteiger charge is -2.41. The van der Waals surface area contributed by atoms with Crippen LogP contribution in [-0.4, -0.2) is 18.0 Å². The minimum atomic E-state index is -0.251. The third-order valence-electron chi connectivity index (χ3n) is 2.52. The van der Waals surface area contributed by atoms with Gasteiger partial charge >= 0.3 is 0 Å². The van der Waals surface area contributed by atoms with Crippen molar-refractivity contribution < 1.29 is 9.53 Å². The number of Topliss-reactive ketones (excluding diaryl/α,β-unsaturated/α-hetero) is 1. The van der Waals surface area contributed by atoms with Crippen molar-refractivity contribution in [3.63, 3.8) is 0 Å². The van der Waals surface area contributed by atoms with Crippen LogP contribution in [0.5, 0.6) is 0 Å². The number of nitriles is 1. The van der Waals surface area contributed by atoms with E-state index in [2.05, 4.69) is 0 Å². The molecule has 0 aromatic heterocycles. The molecule has 1 heterocycles. The zero-order valence-corrected chi connectivity index (χ0v) is 6.67. The average molecular weight is 163 g/mol. The fraction of sp³-hybridized carbons (Fsp3) is 0.556. The quantitative estimate of drug-likeness (QED) is 0.534. The summed E-state index contributed by atoms with van der Waals surface area (Å²) in [7, 11) is 0. The summed E-state index contributed by atoms with van der Waals surface area (Å²) in [4.78, 5) is 11.1. The molecule has 3 nitrogen and oxygen atoms in total. The maximum absolute atomic E-state index is 11.1. The van der Waals surface area contributed by atoms with E-state index in [1.54, 1.807) is 6.08 Å². The molecule has 0 bridgehead atoms. The van der Waals surface area contributed by atoms with Gasteiger partial charge in [0.1, 0.15) is 6.07 Å². The third-order valence-corrected chi connectivity index (χ3v) is 2.52. The number of ketones is 1. The standard InChI is InChI=1S/C9H9NO2/c10-6-7-5-9(3-4-12-9)2-1-8(7)11/h5H,1-4H2. The van der Waals surface area contributed by atoms with E-state index in [1.165, 1.54) is 0 Å². The van der Waals surface area contributed by atoms with Gasteiger partial charge in [-0.05, 0) is 12.5 Å². The summed E-state index contributed by atoms with van der Waals surface area (Å²) in [6.07, 6.45) is 3.85. The molecule has 0 radical (unpaired) electrons. The van der Waals surface area contributed by atoms with E-state index < -0.39 is 0 Å². The molecule has 1 aliphatic carbocycles. The number of hydrogen-bond donors (Lipinski definition) is 0. The zero-order valence-electron chi connectivity index (χ0n) is 6.67. The first-order valence-corrected chi connectivity index (χ1v) is 4.06. The van der Waals surface area contributed by atoms with Crippen LogP contribution in [0.1, 0.15) is 19.3 Å². The molecule has 0 aromatic carbocycles. The van der Waals surface area contributed by atoms with Crippen molar-refractivity contribution >= 4 is 5.78 Å². The van der Waals surface area contributed by atoms with Crippen molar-refractivity contribution in [2.75, 3.05) is 6.61 Å². The Hall–Kier alpha value is -1.14. The largest absolute Gasteiger partial charge is 0.371 e. The van der Waals surface area contributed by atoms with Gasteiger partial charge in [-0.25, -0.2) is 0 Å². The van der Waals surface area contributed by atoms with E-state index in [9.17, 15) is 4.79 Å². The molecule has 1 aliphatic heterocycles. The molecule has 1 spiro atoms. The SMILES string of the molecule is N#CC1=CC2(CCO2)CCC1=O. The van der Waals surface area contributed by atoms with Gasteiger partial charge in [-0.3, -0.25) is 4.79 Å². The van der Waals surface area contributed by atoms with E-state index in [0.717, 1.165) is 19.4 Å². The predicted octanol–water partition coefficient (Wildman–Crippen LogP) is 0.958. The van der Waals surface area contributed by atoms with E-state index in [4.69, 9.17) is 10.00 Å². The minimum absolute atomic E-state index is 0.0429. The van der Waals surface area contributed by atoms with Crippen LogP contribution in [0.2, 0.25) is 0 Å². The molecule has 2 rings (SSSR count). The number of rotatable bonds is 0. The van der Waals surface area contributed by atoms with Gasteiger partial charge in [0.2, 0.25) is 0 Å². The highest BCUT2D eigenvalue weighted by Gasteiger charge is 2.40. The first-order valence-electron chi connectivity index (χ1n) is 4.06.